The van der Waals surface area contributed by atoms with Crippen molar-refractivity contribution in [2.24, 2.45) is 5.92 Å². The van der Waals surface area contributed by atoms with Gasteiger partial charge in [-0.15, -0.1) is 0 Å². The van der Waals surface area contributed by atoms with Crippen molar-refractivity contribution in [2.75, 3.05) is 25.5 Å². The van der Waals surface area contributed by atoms with Crippen molar-refractivity contribution in [2.45, 2.75) is 25.5 Å². The number of nitrogens with zero attached hydrogens (tertiary/aromatic N) is 2. The quantitative estimate of drug-likeness (QED) is 0.884. The van der Waals surface area contributed by atoms with Crippen molar-refractivity contribution in [1.29, 1.82) is 0 Å². The lowest BCUT2D eigenvalue weighted by molar-refractivity contribution is 0.0464. The third kappa shape index (κ3) is 3.01. The molecule has 2 aromatic rings. The average Bonchev–Trinajstić information content (AvgIpc) is 2.45. The fourth-order valence-corrected chi connectivity index (χ4v) is 3.12. The lowest BCUT2D eigenvalue weighted by Gasteiger charge is -2.35. The maximum absolute atomic E-state index is 9.44. The lowest BCUT2D eigenvalue weighted by Crippen LogP contribution is -2.37. The number of hydrogen-bond donors (Lipinski definition) is 2. The summed E-state index contributed by atoms with van der Waals surface area (Å²) >= 11 is 0. The number of rotatable bonds is 5. The molecule has 21 heavy (non-hydrogen) atoms. The molecule has 3 rings (SSSR count). The first-order valence-electron chi connectivity index (χ1n) is 7.60. The van der Waals surface area contributed by atoms with Crippen molar-refractivity contribution >= 4 is 16.7 Å². The van der Waals surface area contributed by atoms with Crippen LogP contribution >= 0.6 is 0 Å². The van der Waals surface area contributed by atoms with Crippen LogP contribution in [0.15, 0.2) is 30.3 Å². The van der Waals surface area contributed by atoms with Crippen LogP contribution in [-0.2, 0) is 6.54 Å². The van der Waals surface area contributed by atoms with Crippen molar-refractivity contribution in [3.63, 3.8) is 0 Å². The van der Waals surface area contributed by atoms with Crippen LogP contribution in [0.5, 0.6) is 0 Å². The predicted octanol–water partition coefficient (Wildman–Crippen LogP) is 2.16. The minimum absolute atomic E-state index is 0.0928. The molecule has 1 aliphatic carbocycles. The Bertz CT molecular complexity index is 622. The molecular weight excluding hydrogens is 262 g/mol. The van der Waals surface area contributed by atoms with Gasteiger partial charge in [0.05, 0.1) is 11.6 Å². The molecule has 0 amide bonds. The van der Waals surface area contributed by atoms with Crippen LogP contribution in [0.3, 0.4) is 0 Å². The first-order valence-corrected chi connectivity index (χ1v) is 7.60. The highest BCUT2D eigenvalue weighted by atomic mass is 16.3. The van der Waals surface area contributed by atoms with Crippen LogP contribution in [0.2, 0.25) is 0 Å². The Morgan fingerprint density at radius 2 is 2.10 bits per heavy atom. The van der Waals surface area contributed by atoms with Gasteiger partial charge in [-0.25, -0.2) is 4.98 Å². The van der Waals surface area contributed by atoms with Gasteiger partial charge in [-0.3, -0.25) is 0 Å². The Morgan fingerprint density at radius 3 is 2.81 bits per heavy atom. The lowest BCUT2D eigenvalue weighted by atomic mass is 9.82. The molecule has 0 bridgehead atoms. The van der Waals surface area contributed by atoms with E-state index in [4.69, 9.17) is 4.98 Å². The summed E-state index contributed by atoms with van der Waals surface area (Å²) in [6.45, 7) is 1.77. The minimum atomic E-state index is -0.0928. The van der Waals surface area contributed by atoms with Gasteiger partial charge in [0.1, 0.15) is 5.82 Å². The molecule has 112 valence electrons. The van der Waals surface area contributed by atoms with Crippen LogP contribution in [0.25, 0.3) is 10.9 Å². The second-order valence-corrected chi connectivity index (χ2v) is 6.07. The number of benzene rings is 1. The van der Waals surface area contributed by atoms with Gasteiger partial charge in [-0.2, -0.15) is 0 Å². The molecular formula is C17H23N3O. The zero-order valence-corrected chi connectivity index (χ0v) is 12.7. The van der Waals surface area contributed by atoms with Gasteiger partial charge >= 0.3 is 0 Å². The van der Waals surface area contributed by atoms with Gasteiger partial charge in [0.2, 0.25) is 0 Å². The molecule has 0 spiro atoms. The van der Waals surface area contributed by atoms with Crippen LogP contribution < -0.4 is 10.2 Å². The van der Waals surface area contributed by atoms with E-state index in [1.165, 1.54) is 10.9 Å². The van der Waals surface area contributed by atoms with Crippen molar-refractivity contribution < 1.29 is 5.11 Å². The number of fused-ring (bicyclic) bond motifs is 1. The van der Waals surface area contributed by atoms with E-state index >= 15 is 0 Å². The second-order valence-electron chi connectivity index (χ2n) is 6.07. The predicted molar refractivity (Wildman–Crippen MR) is 86.5 cm³/mol. The summed E-state index contributed by atoms with van der Waals surface area (Å²) in [6, 6.07) is 10.5. The Hall–Kier alpha value is -1.65. The van der Waals surface area contributed by atoms with E-state index in [2.05, 4.69) is 35.5 Å². The molecule has 1 aromatic carbocycles. The smallest absolute Gasteiger partial charge is 0.133 e. The minimum Gasteiger partial charge on any atom is -0.393 e. The first kappa shape index (κ1) is 14.3. The van der Waals surface area contributed by atoms with E-state index in [1.54, 1.807) is 0 Å². The van der Waals surface area contributed by atoms with Gasteiger partial charge in [-0.1, -0.05) is 18.2 Å². The van der Waals surface area contributed by atoms with Crippen molar-refractivity contribution in [3.8, 4) is 0 Å². The van der Waals surface area contributed by atoms with Gasteiger partial charge in [0.25, 0.3) is 0 Å². The number of nitrogens with one attached hydrogen (secondary N) is 1. The average molecular weight is 285 g/mol. The Morgan fingerprint density at radius 1 is 1.33 bits per heavy atom. The third-order valence-electron chi connectivity index (χ3n) is 4.25. The zero-order valence-electron chi connectivity index (χ0n) is 12.7. The molecule has 1 aliphatic rings. The van der Waals surface area contributed by atoms with Crippen molar-refractivity contribution in [3.05, 3.63) is 35.9 Å². The van der Waals surface area contributed by atoms with Crippen LogP contribution in [0.1, 0.15) is 18.4 Å². The van der Waals surface area contributed by atoms with E-state index < -0.39 is 0 Å². The summed E-state index contributed by atoms with van der Waals surface area (Å²) in [5, 5.41) is 13.8. The first-order chi connectivity index (χ1) is 10.2. The fourth-order valence-electron chi connectivity index (χ4n) is 3.12. The van der Waals surface area contributed by atoms with Gasteiger partial charge in [0.15, 0.2) is 0 Å². The number of pyridine rings is 1. The molecule has 1 heterocycles. The third-order valence-corrected chi connectivity index (χ3v) is 4.25. The molecule has 4 nitrogen and oxygen atoms in total. The molecule has 4 heteroatoms. The Balaban J connectivity index is 1.88. The molecule has 0 radical (unpaired) electrons. The topological polar surface area (TPSA) is 48.4 Å². The molecule has 2 N–H and O–H groups in total. The van der Waals surface area contributed by atoms with Crippen LogP contribution in [0.4, 0.5) is 5.82 Å². The normalized spacial score (nSPS) is 21.3. The van der Waals surface area contributed by atoms with E-state index in [9.17, 15) is 5.11 Å². The summed E-state index contributed by atoms with van der Waals surface area (Å²) in [5.41, 5.74) is 2.26. The Labute approximate surface area is 125 Å². The van der Waals surface area contributed by atoms with Gasteiger partial charge in [-0.05, 0) is 37.9 Å². The number of anilines is 1. The summed E-state index contributed by atoms with van der Waals surface area (Å²) in [4.78, 5) is 7.08. The van der Waals surface area contributed by atoms with E-state index in [1.807, 2.05) is 19.2 Å². The molecule has 0 unspecified atom stereocenters. The highest BCUT2D eigenvalue weighted by molar-refractivity contribution is 5.81. The summed E-state index contributed by atoms with van der Waals surface area (Å²) < 4.78 is 0. The number of para-hydroxylation sites is 1. The fraction of sp³-hybridized carbons (Fsp3) is 0.471. The molecule has 1 saturated carbocycles. The molecule has 0 aliphatic heterocycles. The highest BCUT2D eigenvalue weighted by Gasteiger charge is 2.28. The van der Waals surface area contributed by atoms with Crippen LogP contribution in [-0.4, -0.2) is 36.8 Å². The number of hydrogen-bond acceptors (Lipinski definition) is 4. The number of aliphatic hydroxyl groups is 1. The largest absolute Gasteiger partial charge is 0.393 e. The monoisotopic (exact) mass is 285 g/mol. The summed E-state index contributed by atoms with van der Waals surface area (Å²) in [6.07, 6.45) is 1.74. The maximum atomic E-state index is 9.44. The van der Waals surface area contributed by atoms with Crippen molar-refractivity contribution in [1.82, 2.24) is 10.3 Å². The van der Waals surface area contributed by atoms with Gasteiger partial charge < -0.3 is 15.3 Å². The Kier molecular flexibility index (Phi) is 4.08. The standard InChI is InChI=1S/C17H23N3O/c1-18-10-14-9-13-5-3-4-6-16(13)19-17(14)20(2)11-12-7-15(21)8-12/h3-6,9,12,15,18,21H,7-8,10-11H2,1-2H3. The van der Waals surface area contributed by atoms with Crippen LogP contribution in [0, 0.1) is 5.92 Å². The second kappa shape index (κ2) is 6.00. The molecule has 1 aromatic heterocycles. The summed E-state index contributed by atoms with van der Waals surface area (Å²) in [5.74, 6) is 1.63. The van der Waals surface area contributed by atoms with E-state index in [-0.39, 0.29) is 6.10 Å². The SMILES string of the molecule is CNCc1cc2ccccc2nc1N(C)CC1CC(O)C1. The van der Waals surface area contributed by atoms with Gasteiger partial charge in [0, 0.05) is 31.1 Å². The van der Waals surface area contributed by atoms with E-state index in [0.29, 0.717) is 5.92 Å². The number of aliphatic hydroxyl groups excluding tert-OH is 1. The highest BCUT2D eigenvalue weighted by Crippen LogP contribution is 2.30. The van der Waals surface area contributed by atoms with E-state index in [0.717, 1.165) is 37.3 Å². The molecule has 0 saturated heterocycles. The maximum Gasteiger partial charge on any atom is 0.133 e. The molecule has 1 fully saturated rings. The summed E-state index contributed by atoms with van der Waals surface area (Å²) in [7, 11) is 4.06. The molecule has 0 atom stereocenters. The zero-order chi connectivity index (χ0) is 14.8. The number of aromatic nitrogens is 1.